The summed E-state index contributed by atoms with van der Waals surface area (Å²) in [5.41, 5.74) is 7.34. The molecule has 1 unspecified atom stereocenters. The maximum Gasteiger partial charge on any atom is 0.319 e. The Hall–Kier alpha value is -1.71. The van der Waals surface area contributed by atoms with E-state index < -0.39 is 6.03 Å². The number of carbonyl (C=O) groups excluding carboxylic acids is 1. The molecule has 0 bridgehead atoms. The number of ether oxygens (including phenoxy) is 1. The molecule has 1 aromatic carbocycles. The zero-order valence-corrected chi connectivity index (χ0v) is 8.86. The maximum absolute atomic E-state index is 11.2. The van der Waals surface area contributed by atoms with Gasteiger partial charge in [-0.05, 0) is 37.1 Å². The molecule has 1 aliphatic heterocycles. The summed E-state index contributed by atoms with van der Waals surface area (Å²) in [4.78, 5) is 12.9. The number of carbonyl (C=O) groups is 1. The van der Waals surface area contributed by atoms with E-state index in [-0.39, 0.29) is 6.04 Å². The normalized spacial score (nSPS) is 18.8. The van der Waals surface area contributed by atoms with E-state index in [1.54, 1.807) is 12.0 Å². The Kier molecular flexibility index (Phi) is 2.26. The highest BCUT2D eigenvalue weighted by Gasteiger charge is 2.29. The molecular formula is C11H14N2O2. The predicted molar refractivity (Wildman–Crippen MR) is 58.2 cm³/mol. The van der Waals surface area contributed by atoms with Gasteiger partial charge in [0, 0.05) is 11.7 Å². The van der Waals surface area contributed by atoms with Crippen LogP contribution in [0.5, 0.6) is 5.75 Å². The second-order valence-corrected chi connectivity index (χ2v) is 3.76. The highest BCUT2D eigenvalue weighted by atomic mass is 16.5. The zero-order valence-electron chi connectivity index (χ0n) is 8.86. The first-order valence-corrected chi connectivity index (χ1v) is 4.89. The van der Waals surface area contributed by atoms with E-state index in [0.717, 1.165) is 23.4 Å². The van der Waals surface area contributed by atoms with E-state index in [0.29, 0.717) is 0 Å². The standard InChI is InChI=1S/C11H14N2O2/c1-7-5-8-6-9(15-2)3-4-10(8)13(7)11(12)14/h3-4,6-7H,5H2,1-2H3,(H2,12,14). The molecule has 0 aromatic heterocycles. The lowest BCUT2D eigenvalue weighted by Crippen LogP contribution is -2.39. The van der Waals surface area contributed by atoms with Gasteiger partial charge in [-0.3, -0.25) is 4.90 Å². The van der Waals surface area contributed by atoms with Crippen LogP contribution in [0.1, 0.15) is 12.5 Å². The van der Waals surface area contributed by atoms with Crippen LogP contribution in [0.3, 0.4) is 0 Å². The minimum absolute atomic E-state index is 0.129. The number of primary amides is 1. The van der Waals surface area contributed by atoms with E-state index in [9.17, 15) is 4.79 Å². The molecule has 1 aliphatic rings. The molecule has 80 valence electrons. The Morgan fingerprint density at radius 3 is 2.93 bits per heavy atom. The molecule has 0 radical (unpaired) electrons. The first-order valence-electron chi connectivity index (χ1n) is 4.89. The summed E-state index contributed by atoms with van der Waals surface area (Å²) >= 11 is 0. The molecular weight excluding hydrogens is 192 g/mol. The van der Waals surface area contributed by atoms with Crippen LogP contribution in [-0.4, -0.2) is 19.2 Å². The minimum Gasteiger partial charge on any atom is -0.497 e. The van der Waals surface area contributed by atoms with Crippen LogP contribution in [0.4, 0.5) is 10.5 Å². The van der Waals surface area contributed by atoms with Crippen molar-refractivity contribution in [3.63, 3.8) is 0 Å². The van der Waals surface area contributed by atoms with Crippen molar-refractivity contribution in [2.45, 2.75) is 19.4 Å². The molecule has 0 spiro atoms. The third kappa shape index (κ3) is 1.52. The van der Waals surface area contributed by atoms with Crippen LogP contribution in [0.15, 0.2) is 18.2 Å². The first kappa shape index (κ1) is 9.83. The second-order valence-electron chi connectivity index (χ2n) is 3.76. The van der Waals surface area contributed by atoms with Crippen LogP contribution in [0.25, 0.3) is 0 Å². The highest BCUT2D eigenvalue weighted by molar-refractivity contribution is 5.93. The van der Waals surface area contributed by atoms with E-state index in [1.165, 1.54) is 0 Å². The van der Waals surface area contributed by atoms with Crippen molar-refractivity contribution in [1.82, 2.24) is 0 Å². The molecule has 0 saturated carbocycles. The average Bonchev–Trinajstić information content (AvgIpc) is 2.52. The van der Waals surface area contributed by atoms with Crippen LogP contribution in [-0.2, 0) is 6.42 Å². The number of fused-ring (bicyclic) bond motifs is 1. The number of hydrogen-bond donors (Lipinski definition) is 1. The van der Waals surface area contributed by atoms with Gasteiger partial charge in [0.1, 0.15) is 5.75 Å². The third-order valence-electron chi connectivity index (χ3n) is 2.74. The Bertz CT molecular complexity index is 404. The third-order valence-corrected chi connectivity index (χ3v) is 2.74. The summed E-state index contributed by atoms with van der Waals surface area (Å²) in [5, 5.41) is 0. The van der Waals surface area contributed by atoms with Crippen molar-refractivity contribution in [3.8, 4) is 5.75 Å². The quantitative estimate of drug-likeness (QED) is 0.757. The van der Waals surface area contributed by atoms with Crippen molar-refractivity contribution in [2.75, 3.05) is 12.0 Å². The Balaban J connectivity index is 2.43. The van der Waals surface area contributed by atoms with Crippen LogP contribution >= 0.6 is 0 Å². The first-order chi connectivity index (χ1) is 7.13. The summed E-state index contributed by atoms with van der Waals surface area (Å²) < 4.78 is 5.14. The van der Waals surface area contributed by atoms with Crippen LogP contribution in [0.2, 0.25) is 0 Å². The summed E-state index contributed by atoms with van der Waals surface area (Å²) in [6.45, 7) is 1.98. The van der Waals surface area contributed by atoms with Crippen molar-refractivity contribution < 1.29 is 9.53 Å². The molecule has 4 nitrogen and oxygen atoms in total. The van der Waals surface area contributed by atoms with Gasteiger partial charge in [0.2, 0.25) is 0 Å². The van der Waals surface area contributed by atoms with Gasteiger partial charge in [0.25, 0.3) is 0 Å². The monoisotopic (exact) mass is 206 g/mol. The number of hydrogen-bond acceptors (Lipinski definition) is 2. The predicted octanol–water partition coefficient (Wildman–Crippen LogP) is 1.52. The smallest absolute Gasteiger partial charge is 0.319 e. The molecule has 0 aliphatic carbocycles. The number of urea groups is 1. The molecule has 2 amide bonds. The Morgan fingerprint density at radius 2 is 2.33 bits per heavy atom. The van der Waals surface area contributed by atoms with Crippen molar-refractivity contribution >= 4 is 11.7 Å². The van der Waals surface area contributed by atoms with E-state index in [2.05, 4.69) is 0 Å². The lowest BCUT2D eigenvalue weighted by molar-refractivity contribution is 0.253. The Labute approximate surface area is 88.6 Å². The van der Waals surface area contributed by atoms with E-state index in [4.69, 9.17) is 10.5 Å². The zero-order chi connectivity index (χ0) is 11.0. The fraction of sp³-hybridized carbons (Fsp3) is 0.364. The summed E-state index contributed by atoms with van der Waals surface area (Å²) in [6, 6.07) is 5.40. The number of nitrogens with two attached hydrogens (primary N) is 1. The van der Waals surface area contributed by atoms with Gasteiger partial charge in [0.15, 0.2) is 0 Å². The van der Waals surface area contributed by atoms with Crippen LogP contribution < -0.4 is 15.4 Å². The molecule has 0 saturated heterocycles. The van der Waals surface area contributed by atoms with Crippen molar-refractivity contribution in [2.24, 2.45) is 5.73 Å². The van der Waals surface area contributed by atoms with Gasteiger partial charge in [-0.25, -0.2) is 4.79 Å². The molecule has 1 heterocycles. The molecule has 1 aromatic rings. The number of benzene rings is 1. The number of methoxy groups -OCH3 is 1. The van der Waals surface area contributed by atoms with Gasteiger partial charge in [-0.15, -0.1) is 0 Å². The summed E-state index contributed by atoms with van der Waals surface area (Å²) in [7, 11) is 1.63. The molecule has 4 heteroatoms. The summed E-state index contributed by atoms with van der Waals surface area (Å²) in [5.74, 6) is 0.812. The largest absolute Gasteiger partial charge is 0.497 e. The lowest BCUT2D eigenvalue weighted by Gasteiger charge is -2.19. The molecule has 1 atom stereocenters. The van der Waals surface area contributed by atoms with Gasteiger partial charge >= 0.3 is 6.03 Å². The number of amides is 2. The molecule has 0 fully saturated rings. The van der Waals surface area contributed by atoms with E-state index >= 15 is 0 Å². The minimum atomic E-state index is -0.397. The number of anilines is 1. The van der Waals surface area contributed by atoms with E-state index in [1.807, 2.05) is 25.1 Å². The van der Waals surface area contributed by atoms with Gasteiger partial charge in [0.05, 0.1) is 7.11 Å². The lowest BCUT2D eigenvalue weighted by atomic mass is 10.1. The van der Waals surface area contributed by atoms with Gasteiger partial charge in [-0.2, -0.15) is 0 Å². The fourth-order valence-electron chi connectivity index (χ4n) is 2.07. The summed E-state index contributed by atoms with van der Waals surface area (Å²) in [6.07, 6.45) is 0.829. The average molecular weight is 206 g/mol. The molecule has 2 N–H and O–H groups in total. The fourth-order valence-corrected chi connectivity index (χ4v) is 2.07. The topological polar surface area (TPSA) is 55.6 Å². The molecule has 15 heavy (non-hydrogen) atoms. The highest BCUT2D eigenvalue weighted by Crippen LogP contribution is 2.34. The maximum atomic E-state index is 11.2. The SMILES string of the molecule is COc1ccc2c(c1)CC(C)N2C(N)=O. The van der Waals surface area contributed by atoms with Crippen molar-refractivity contribution in [1.29, 1.82) is 0 Å². The van der Waals surface area contributed by atoms with Crippen molar-refractivity contribution in [3.05, 3.63) is 23.8 Å². The Morgan fingerprint density at radius 1 is 1.60 bits per heavy atom. The van der Waals surface area contributed by atoms with Gasteiger partial charge in [-0.1, -0.05) is 0 Å². The second kappa shape index (κ2) is 3.46. The molecule has 2 rings (SSSR count). The van der Waals surface area contributed by atoms with Gasteiger partial charge < -0.3 is 10.5 Å². The number of nitrogens with zero attached hydrogens (tertiary/aromatic N) is 1. The van der Waals surface area contributed by atoms with Crippen LogP contribution in [0, 0.1) is 0 Å². The number of rotatable bonds is 1.